The van der Waals surface area contributed by atoms with Crippen LogP contribution in [0.15, 0.2) is 18.2 Å². The van der Waals surface area contributed by atoms with Crippen molar-refractivity contribution in [3.63, 3.8) is 0 Å². The van der Waals surface area contributed by atoms with Gasteiger partial charge in [-0.1, -0.05) is 11.6 Å². The van der Waals surface area contributed by atoms with Gasteiger partial charge in [0.05, 0.1) is 5.56 Å². The molecule has 4 nitrogen and oxygen atoms in total. The van der Waals surface area contributed by atoms with Gasteiger partial charge in [0.1, 0.15) is 11.8 Å². The van der Waals surface area contributed by atoms with Crippen LogP contribution in [-0.4, -0.2) is 17.7 Å². The van der Waals surface area contributed by atoms with Crippen molar-refractivity contribution in [2.75, 3.05) is 6.61 Å². The Bertz CT molecular complexity index is 398. The molecule has 0 aliphatic carbocycles. The molecule has 0 saturated carbocycles. The van der Waals surface area contributed by atoms with Gasteiger partial charge in [0.15, 0.2) is 6.61 Å². The van der Waals surface area contributed by atoms with Gasteiger partial charge in [0.25, 0.3) is 0 Å². The molecule has 0 atom stereocenters. The fourth-order valence-electron chi connectivity index (χ4n) is 0.847. The highest BCUT2D eigenvalue weighted by Crippen LogP contribution is 2.22. The van der Waals surface area contributed by atoms with Crippen molar-refractivity contribution in [2.45, 2.75) is 0 Å². The number of carbonyl (C=O) groups is 1. The van der Waals surface area contributed by atoms with Crippen LogP contribution < -0.4 is 4.74 Å². The number of benzene rings is 1. The summed E-state index contributed by atoms with van der Waals surface area (Å²) < 4.78 is 4.86. The molecular weight excluding hydrogens is 206 g/mol. The van der Waals surface area contributed by atoms with E-state index >= 15 is 0 Å². The summed E-state index contributed by atoms with van der Waals surface area (Å²) in [4.78, 5) is 10.2. The number of hydrogen-bond acceptors (Lipinski definition) is 3. The zero-order chi connectivity index (χ0) is 10.6. The summed E-state index contributed by atoms with van der Waals surface area (Å²) in [5.74, 6) is -0.920. The molecule has 0 spiro atoms. The van der Waals surface area contributed by atoms with E-state index in [2.05, 4.69) is 0 Å². The van der Waals surface area contributed by atoms with E-state index in [-0.39, 0.29) is 11.3 Å². The molecule has 0 unspecified atom stereocenters. The monoisotopic (exact) mass is 211 g/mol. The van der Waals surface area contributed by atoms with Gasteiger partial charge in [-0.05, 0) is 12.1 Å². The van der Waals surface area contributed by atoms with Crippen LogP contribution in [0.25, 0.3) is 0 Å². The van der Waals surface area contributed by atoms with E-state index in [0.717, 1.165) is 0 Å². The molecule has 0 bridgehead atoms. The Balaban J connectivity index is 2.89. The molecule has 5 heteroatoms. The Morgan fingerprint density at radius 2 is 2.36 bits per heavy atom. The molecule has 0 aliphatic rings. The van der Waals surface area contributed by atoms with E-state index in [4.69, 9.17) is 26.7 Å². The summed E-state index contributed by atoms with van der Waals surface area (Å²) in [6.07, 6.45) is 0. The highest BCUT2D eigenvalue weighted by atomic mass is 35.5. The summed E-state index contributed by atoms with van der Waals surface area (Å²) in [5, 5.41) is 17.4. The van der Waals surface area contributed by atoms with Crippen LogP contribution in [0, 0.1) is 11.3 Å². The van der Waals surface area contributed by atoms with Crippen molar-refractivity contribution in [1.29, 1.82) is 5.26 Å². The number of rotatable bonds is 3. The van der Waals surface area contributed by atoms with Gasteiger partial charge >= 0.3 is 5.97 Å². The Morgan fingerprint density at radius 1 is 1.64 bits per heavy atom. The molecule has 0 aromatic heterocycles. The third-order valence-corrected chi connectivity index (χ3v) is 1.65. The highest BCUT2D eigenvalue weighted by molar-refractivity contribution is 6.30. The van der Waals surface area contributed by atoms with E-state index in [1.54, 1.807) is 0 Å². The average molecular weight is 212 g/mol. The maximum atomic E-state index is 10.2. The molecule has 1 rings (SSSR count). The third kappa shape index (κ3) is 2.64. The lowest BCUT2D eigenvalue weighted by Crippen LogP contribution is -2.10. The Morgan fingerprint density at radius 3 is 2.93 bits per heavy atom. The summed E-state index contributed by atoms with van der Waals surface area (Å²) in [6.45, 7) is -0.491. The molecule has 0 radical (unpaired) electrons. The highest BCUT2D eigenvalue weighted by Gasteiger charge is 2.05. The minimum absolute atomic E-state index is 0.183. The van der Waals surface area contributed by atoms with Crippen LogP contribution in [-0.2, 0) is 4.79 Å². The Kier molecular flexibility index (Phi) is 3.32. The second-order valence-corrected chi connectivity index (χ2v) is 2.87. The van der Waals surface area contributed by atoms with Crippen molar-refractivity contribution < 1.29 is 14.6 Å². The van der Waals surface area contributed by atoms with E-state index in [1.807, 2.05) is 6.07 Å². The second kappa shape index (κ2) is 4.49. The normalized spacial score (nSPS) is 9.14. The first kappa shape index (κ1) is 10.4. The van der Waals surface area contributed by atoms with Crippen molar-refractivity contribution in [3.05, 3.63) is 28.8 Å². The first-order chi connectivity index (χ1) is 6.63. The predicted octanol–water partition coefficient (Wildman–Crippen LogP) is 1.68. The first-order valence-electron chi connectivity index (χ1n) is 3.67. The quantitative estimate of drug-likeness (QED) is 0.826. The van der Waals surface area contributed by atoms with Crippen LogP contribution in [0.1, 0.15) is 5.56 Å². The fourth-order valence-corrected chi connectivity index (χ4v) is 1.01. The van der Waals surface area contributed by atoms with E-state index in [9.17, 15) is 4.79 Å². The number of carboxylic acids is 1. The molecule has 0 saturated heterocycles. The lowest BCUT2D eigenvalue weighted by atomic mass is 10.2. The third-order valence-electron chi connectivity index (χ3n) is 1.42. The molecule has 0 amide bonds. The zero-order valence-corrected chi connectivity index (χ0v) is 7.78. The van der Waals surface area contributed by atoms with Crippen LogP contribution in [0.3, 0.4) is 0 Å². The number of nitrogens with zero attached hydrogens (tertiary/aromatic N) is 1. The van der Waals surface area contributed by atoms with Crippen LogP contribution in [0.2, 0.25) is 5.02 Å². The molecule has 72 valence electrons. The SMILES string of the molecule is N#Cc1ccc(Cl)cc1OCC(=O)O. The van der Waals surface area contributed by atoms with Crippen LogP contribution >= 0.6 is 11.6 Å². The van der Waals surface area contributed by atoms with Crippen LogP contribution in [0.5, 0.6) is 5.75 Å². The number of ether oxygens (including phenoxy) is 1. The van der Waals surface area contributed by atoms with Gasteiger partial charge in [0, 0.05) is 11.1 Å². The summed E-state index contributed by atoms with van der Waals surface area (Å²) >= 11 is 5.65. The first-order valence-corrected chi connectivity index (χ1v) is 4.05. The topological polar surface area (TPSA) is 70.3 Å². The molecule has 1 N–H and O–H groups in total. The Hall–Kier alpha value is -1.73. The number of nitriles is 1. The van der Waals surface area contributed by atoms with Crippen LogP contribution in [0.4, 0.5) is 0 Å². The zero-order valence-electron chi connectivity index (χ0n) is 7.03. The minimum atomic E-state index is -1.10. The molecule has 1 aromatic carbocycles. The Labute approximate surface area is 85.3 Å². The molecule has 0 fully saturated rings. The number of carboxylic acid groups (broad SMARTS) is 1. The molecule has 1 aromatic rings. The molecule has 14 heavy (non-hydrogen) atoms. The summed E-state index contributed by atoms with van der Waals surface area (Å²) in [6, 6.07) is 6.28. The average Bonchev–Trinajstić information content (AvgIpc) is 2.15. The number of hydrogen-bond donors (Lipinski definition) is 1. The van der Waals surface area contributed by atoms with E-state index in [1.165, 1.54) is 18.2 Å². The summed E-state index contributed by atoms with van der Waals surface area (Å²) in [7, 11) is 0. The van der Waals surface area contributed by atoms with Crippen molar-refractivity contribution >= 4 is 17.6 Å². The van der Waals surface area contributed by atoms with Gasteiger partial charge < -0.3 is 9.84 Å². The lowest BCUT2D eigenvalue weighted by molar-refractivity contribution is -0.139. The maximum Gasteiger partial charge on any atom is 0.341 e. The standard InChI is InChI=1S/C9H6ClNO3/c10-7-2-1-6(4-11)8(3-7)14-5-9(12)13/h1-3H,5H2,(H,12,13). The molecule has 0 heterocycles. The maximum absolute atomic E-state index is 10.2. The van der Waals surface area contributed by atoms with E-state index in [0.29, 0.717) is 5.02 Å². The number of aliphatic carboxylic acids is 1. The summed E-state index contributed by atoms with van der Waals surface area (Å²) in [5.41, 5.74) is 0.260. The fraction of sp³-hybridized carbons (Fsp3) is 0.111. The number of halogens is 1. The van der Waals surface area contributed by atoms with Crippen molar-refractivity contribution in [3.8, 4) is 11.8 Å². The van der Waals surface area contributed by atoms with E-state index < -0.39 is 12.6 Å². The minimum Gasteiger partial charge on any atom is -0.480 e. The van der Waals surface area contributed by atoms with Gasteiger partial charge in [-0.25, -0.2) is 4.79 Å². The molecule has 0 aliphatic heterocycles. The lowest BCUT2D eigenvalue weighted by Gasteiger charge is -2.04. The smallest absolute Gasteiger partial charge is 0.341 e. The second-order valence-electron chi connectivity index (χ2n) is 2.43. The van der Waals surface area contributed by atoms with Gasteiger partial charge in [-0.15, -0.1) is 0 Å². The van der Waals surface area contributed by atoms with Gasteiger partial charge in [-0.3, -0.25) is 0 Å². The van der Waals surface area contributed by atoms with Crippen molar-refractivity contribution in [2.24, 2.45) is 0 Å². The van der Waals surface area contributed by atoms with Gasteiger partial charge in [0.2, 0.25) is 0 Å². The van der Waals surface area contributed by atoms with Gasteiger partial charge in [-0.2, -0.15) is 5.26 Å². The van der Waals surface area contributed by atoms with Crippen molar-refractivity contribution in [1.82, 2.24) is 0 Å². The molecular formula is C9H6ClNO3. The predicted molar refractivity (Wildman–Crippen MR) is 49.3 cm³/mol. The largest absolute Gasteiger partial charge is 0.480 e.